The first-order chi connectivity index (χ1) is 16.5. The van der Waals surface area contributed by atoms with E-state index >= 15 is 0 Å². The fourth-order valence-corrected chi connectivity index (χ4v) is 5.22. The highest BCUT2D eigenvalue weighted by Crippen LogP contribution is 2.38. The number of fused-ring (bicyclic) bond motifs is 4. The van der Waals surface area contributed by atoms with Gasteiger partial charge in [0, 0.05) is 41.5 Å². The van der Waals surface area contributed by atoms with Gasteiger partial charge >= 0.3 is 0 Å². The maximum absolute atomic E-state index is 12.1. The second-order valence-electron chi connectivity index (χ2n) is 9.13. The number of carbonyl (C=O) groups excluding carboxylic acids is 1. The predicted octanol–water partition coefficient (Wildman–Crippen LogP) is 3.72. The molecule has 1 amide bonds. The number of nitrogens with zero attached hydrogens (tertiary/aromatic N) is 5. The van der Waals surface area contributed by atoms with E-state index in [2.05, 4.69) is 28.0 Å². The van der Waals surface area contributed by atoms with E-state index in [-0.39, 0.29) is 11.9 Å². The number of nitriles is 1. The van der Waals surface area contributed by atoms with E-state index < -0.39 is 0 Å². The summed E-state index contributed by atoms with van der Waals surface area (Å²) in [5.74, 6) is 1.98. The minimum absolute atomic E-state index is 0.0521. The van der Waals surface area contributed by atoms with Gasteiger partial charge in [-0.25, -0.2) is 9.50 Å². The molecule has 3 unspecified atom stereocenters. The Morgan fingerprint density at radius 1 is 1.35 bits per heavy atom. The van der Waals surface area contributed by atoms with Gasteiger partial charge in [-0.15, -0.1) is 0 Å². The molecule has 174 valence electrons. The van der Waals surface area contributed by atoms with Crippen molar-refractivity contribution in [2.45, 2.75) is 45.2 Å². The Bertz CT molecular complexity index is 1290. The normalized spacial score (nSPS) is 21.3. The molecule has 1 saturated carbocycles. The average molecular weight is 457 g/mol. The fourth-order valence-electron chi connectivity index (χ4n) is 5.22. The number of rotatable bonds is 6. The molecule has 0 radical (unpaired) electrons. The molecule has 0 aromatic carbocycles. The SMILES string of the molecule is C=C(C)C(=O)NC1CC2CCC1CN2c1ccc(-c2cc(OCC)cn3ncc(C#N)c23)cn1. The lowest BCUT2D eigenvalue weighted by molar-refractivity contribution is -0.118. The summed E-state index contributed by atoms with van der Waals surface area (Å²) in [6.45, 7) is 8.86. The highest BCUT2D eigenvalue weighted by atomic mass is 16.5. The molecule has 3 fully saturated rings. The minimum Gasteiger partial charge on any atom is -0.492 e. The van der Waals surface area contributed by atoms with Crippen LogP contribution in [0.15, 0.2) is 48.9 Å². The van der Waals surface area contributed by atoms with E-state index in [0.29, 0.717) is 35.5 Å². The second-order valence-corrected chi connectivity index (χ2v) is 9.13. The topological polar surface area (TPSA) is 95.5 Å². The van der Waals surface area contributed by atoms with Crippen LogP contribution in [0.25, 0.3) is 16.6 Å². The highest BCUT2D eigenvalue weighted by Gasteiger charge is 2.41. The van der Waals surface area contributed by atoms with Crippen LogP contribution in [-0.2, 0) is 4.79 Å². The van der Waals surface area contributed by atoms with Gasteiger partial charge in [0.2, 0.25) is 5.91 Å². The fraction of sp³-hybridized carbons (Fsp3) is 0.385. The van der Waals surface area contributed by atoms with Crippen molar-refractivity contribution in [2.24, 2.45) is 5.92 Å². The third-order valence-electron chi connectivity index (χ3n) is 6.91. The number of hydrogen-bond donors (Lipinski definition) is 1. The number of nitrogens with one attached hydrogen (secondary N) is 1. The predicted molar refractivity (Wildman–Crippen MR) is 130 cm³/mol. The molecule has 3 aliphatic rings. The molecule has 2 saturated heterocycles. The summed E-state index contributed by atoms with van der Waals surface area (Å²) in [5.41, 5.74) is 3.57. The lowest BCUT2D eigenvalue weighted by Gasteiger charge is -2.50. The van der Waals surface area contributed by atoms with Crippen LogP contribution in [0.4, 0.5) is 5.82 Å². The van der Waals surface area contributed by atoms with Crippen molar-refractivity contribution >= 4 is 17.2 Å². The third-order valence-corrected chi connectivity index (χ3v) is 6.91. The first-order valence-corrected chi connectivity index (χ1v) is 11.7. The standard InChI is InChI=1S/C26H28N6O2/c1-4-34-21-10-22(25-19(11-27)13-29-32(25)15-21)17-6-8-24(28-12-17)31-14-18-5-7-20(31)9-23(18)30-26(33)16(2)3/h6,8,10,12-13,15,18,20,23H,2,4-5,7,9,14H2,1,3H3,(H,30,33). The number of ether oxygens (including phenoxy) is 1. The molecular formula is C26H28N6O2. The zero-order chi connectivity index (χ0) is 23.8. The van der Waals surface area contributed by atoms with Crippen molar-refractivity contribution < 1.29 is 9.53 Å². The van der Waals surface area contributed by atoms with Crippen LogP contribution in [-0.4, -0.2) is 45.7 Å². The van der Waals surface area contributed by atoms with Crippen LogP contribution in [0, 0.1) is 17.2 Å². The van der Waals surface area contributed by atoms with Gasteiger partial charge in [0.15, 0.2) is 0 Å². The van der Waals surface area contributed by atoms with Crippen molar-refractivity contribution in [3.05, 3.63) is 54.5 Å². The number of hydrogen-bond acceptors (Lipinski definition) is 6. The van der Waals surface area contributed by atoms with Crippen molar-refractivity contribution in [3.63, 3.8) is 0 Å². The number of aromatic nitrogens is 3. The maximum Gasteiger partial charge on any atom is 0.246 e. The molecule has 1 N–H and O–H groups in total. The van der Waals surface area contributed by atoms with Gasteiger partial charge in [0.25, 0.3) is 0 Å². The molecule has 3 atom stereocenters. The smallest absolute Gasteiger partial charge is 0.246 e. The van der Waals surface area contributed by atoms with Crippen LogP contribution in [0.5, 0.6) is 5.75 Å². The largest absolute Gasteiger partial charge is 0.492 e. The van der Waals surface area contributed by atoms with Gasteiger partial charge < -0.3 is 15.0 Å². The van der Waals surface area contributed by atoms with E-state index in [0.717, 1.165) is 48.3 Å². The number of piperidine rings is 2. The molecule has 3 aromatic heterocycles. The molecule has 1 aliphatic carbocycles. The Morgan fingerprint density at radius 3 is 2.85 bits per heavy atom. The summed E-state index contributed by atoms with van der Waals surface area (Å²) in [7, 11) is 0. The second kappa shape index (κ2) is 8.82. The van der Waals surface area contributed by atoms with Gasteiger partial charge in [0.05, 0.1) is 30.1 Å². The van der Waals surface area contributed by atoms with Gasteiger partial charge in [-0.1, -0.05) is 6.58 Å². The van der Waals surface area contributed by atoms with Gasteiger partial charge in [-0.05, 0) is 57.2 Å². The number of pyridine rings is 2. The molecule has 34 heavy (non-hydrogen) atoms. The quantitative estimate of drug-likeness (QED) is 0.568. The van der Waals surface area contributed by atoms with Crippen LogP contribution < -0.4 is 15.0 Å². The molecule has 8 nitrogen and oxygen atoms in total. The summed E-state index contributed by atoms with van der Waals surface area (Å²) >= 11 is 0. The Labute approximate surface area is 198 Å². The van der Waals surface area contributed by atoms with Crippen molar-refractivity contribution in [2.75, 3.05) is 18.1 Å². The lowest BCUT2D eigenvalue weighted by Crippen LogP contribution is -2.59. The lowest BCUT2D eigenvalue weighted by atomic mass is 9.76. The number of amides is 1. The maximum atomic E-state index is 12.1. The summed E-state index contributed by atoms with van der Waals surface area (Å²) in [6, 6.07) is 8.81. The Morgan fingerprint density at radius 2 is 2.21 bits per heavy atom. The first kappa shape index (κ1) is 22.0. The minimum atomic E-state index is -0.0521. The van der Waals surface area contributed by atoms with E-state index in [1.807, 2.05) is 31.3 Å². The summed E-state index contributed by atoms with van der Waals surface area (Å²) in [5, 5.41) is 17.0. The molecular weight excluding hydrogens is 428 g/mol. The molecule has 8 heteroatoms. The van der Waals surface area contributed by atoms with Crippen molar-refractivity contribution in [1.82, 2.24) is 19.9 Å². The van der Waals surface area contributed by atoms with Crippen molar-refractivity contribution in [3.8, 4) is 22.9 Å². The monoisotopic (exact) mass is 456 g/mol. The Hall–Kier alpha value is -3.86. The molecule has 6 rings (SSSR count). The van der Waals surface area contributed by atoms with Crippen LogP contribution >= 0.6 is 0 Å². The Balaban J connectivity index is 1.41. The zero-order valence-corrected chi connectivity index (χ0v) is 19.5. The highest BCUT2D eigenvalue weighted by molar-refractivity contribution is 5.92. The summed E-state index contributed by atoms with van der Waals surface area (Å²) in [6.07, 6.45) is 8.36. The van der Waals surface area contributed by atoms with Gasteiger partial charge in [-0.2, -0.15) is 10.4 Å². The number of carbonyl (C=O) groups is 1. The van der Waals surface area contributed by atoms with E-state index in [1.54, 1.807) is 23.8 Å². The zero-order valence-electron chi connectivity index (χ0n) is 19.5. The number of anilines is 1. The third kappa shape index (κ3) is 3.87. The Kier molecular flexibility index (Phi) is 5.70. The van der Waals surface area contributed by atoms with E-state index in [9.17, 15) is 10.1 Å². The first-order valence-electron chi connectivity index (χ1n) is 11.7. The van der Waals surface area contributed by atoms with Crippen molar-refractivity contribution in [1.29, 1.82) is 5.26 Å². The molecule has 5 heterocycles. The molecule has 2 bridgehead atoms. The molecule has 2 aliphatic heterocycles. The summed E-state index contributed by atoms with van der Waals surface area (Å²) < 4.78 is 7.41. The van der Waals surface area contributed by atoms with Gasteiger partial charge in [0.1, 0.15) is 17.6 Å². The van der Waals surface area contributed by atoms with E-state index in [4.69, 9.17) is 9.72 Å². The van der Waals surface area contributed by atoms with Crippen LogP contribution in [0.3, 0.4) is 0 Å². The van der Waals surface area contributed by atoms with E-state index in [1.165, 1.54) is 0 Å². The van der Waals surface area contributed by atoms with Crippen LogP contribution in [0.2, 0.25) is 0 Å². The summed E-state index contributed by atoms with van der Waals surface area (Å²) in [4.78, 5) is 19.3. The molecule has 3 aromatic rings. The average Bonchev–Trinajstić information content (AvgIpc) is 3.27. The molecule has 0 spiro atoms. The van der Waals surface area contributed by atoms with Crippen LogP contribution in [0.1, 0.15) is 38.7 Å². The van der Waals surface area contributed by atoms with Gasteiger partial charge in [-0.3, -0.25) is 4.79 Å².